The molecule has 5 rings (SSSR count). The second-order valence-corrected chi connectivity index (χ2v) is 7.58. The molecule has 160 valence electrons. The van der Waals surface area contributed by atoms with Gasteiger partial charge in [-0.05, 0) is 12.1 Å². The van der Waals surface area contributed by atoms with E-state index in [0.29, 0.717) is 11.3 Å². The zero-order chi connectivity index (χ0) is 21.4. The van der Waals surface area contributed by atoms with Gasteiger partial charge in [0.05, 0.1) is 18.8 Å². The van der Waals surface area contributed by atoms with Gasteiger partial charge < -0.3 is 19.3 Å². The second-order valence-electron chi connectivity index (χ2n) is 7.58. The van der Waals surface area contributed by atoms with Crippen molar-refractivity contribution >= 4 is 5.97 Å². The van der Waals surface area contributed by atoms with Crippen LogP contribution in [0, 0.1) is 5.82 Å². The lowest BCUT2D eigenvalue weighted by atomic mass is 9.94. The van der Waals surface area contributed by atoms with Crippen LogP contribution in [0.25, 0.3) is 11.3 Å². The maximum Gasteiger partial charge on any atom is 0.332 e. The molecule has 3 heterocycles. The lowest BCUT2D eigenvalue weighted by molar-refractivity contribution is -0.298. The monoisotopic (exact) mass is 425 g/mol. The minimum Gasteiger partial charge on any atom is -0.479 e. The number of benzene rings is 2. The summed E-state index contributed by atoms with van der Waals surface area (Å²) in [6.07, 6.45) is -0.839. The van der Waals surface area contributed by atoms with Gasteiger partial charge in [0.1, 0.15) is 23.7 Å². The number of rotatable bonds is 4. The number of carboxylic acids is 1. The van der Waals surface area contributed by atoms with E-state index in [1.165, 1.54) is 12.1 Å². The highest BCUT2D eigenvalue weighted by atomic mass is 19.1. The predicted molar refractivity (Wildman–Crippen MR) is 105 cm³/mol. The molecular formula is C22H20FN3O5. The zero-order valence-corrected chi connectivity index (χ0v) is 16.4. The summed E-state index contributed by atoms with van der Waals surface area (Å²) in [5, 5.41) is 17.9. The molecule has 31 heavy (non-hydrogen) atoms. The number of carbonyl (C=O) groups is 1. The summed E-state index contributed by atoms with van der Waals surface area (Å²) < 4.78 is 33.0. The second kappa shape index (κ2) is 8.18. The minimum atomic E-state index is -1.06. The van der Waals surface area contributed by atoms with Crippen molar-refractivity contribution < 1.29 is 28.5 Å². The van der Waals surface area contributed by atoms with E-state index in [1.54, 1.807) is 23.0 Å². The van der Waals surface area contributed by atoms with Crippen LogP contribution in [-0.2, 0) is 19.0 Å². The number of hydrogen-bond acceptors (Lipinski definition) is 6. The molecule has 1 N–H and O–H groups in total. The van der Waals surface area contributed by atoms with Crippen LogP contribution in [0.15, 0.2) is 60.8 Å². The highest BCUT2D eigenvalue weighted by Crippen LogP contribution is 2.39. The Kier molecular flexibility index (Phi) is 5.23. The molecule has 8 nitrogen and oxygen atoms in total. The van der Waals surface area contributed by atoms with Crippen molar-refractivity contribution in [1.82, 2.24) is 15.0 Å². The average Bonchev–Trinajstić information content (AvgIpc) is 3.29. The molecule has 3 aromatic rings. The van der Waals surface area contributed by atoms with Crippen LogP contribution >= 0.6 is 0 Å². The Morgan fingerprint density at radius 3 is 2.74 bits per heavy atom. The van der Waals surface area contributed by atoms with Gasteiger partial charge in [-0.25, -0.2) is 13.9 Å². The number of nitrogens with zero attached hydrogens (tertiary/aromatic N) is 3. The smallest absolute Gasteiger partial charge is 0.332 e. The van der Waals surface area contributed by atoms with Crippen molar-refractivity contribution in [2.75, 3.05) is 6.61 Å². The number of halogens is 1. The Morgan fingerprint density at radius 1 is 1.13 bits per heavy atom. The quantitative estimate of drug-likeness (QED) is 0.687. The third kappa shape index (κ3) is 3.95. The molecule has 2 aliphatic rings. The fraction of sp³-hybridized carbons (Fsp3) is 0.318. The van der Waals surface area contributed by atoms with Gasteiger partial charge in [0, 0.05) is 17.5 Å². The molecule has 2 aliphatic heterocycles. The van der Waals surface area contributed by atoms with Crippen molar-refractivity contribution in [1.29, 1.82) is 0 Å². The summed E-state index contributed by atoms with van der Waals surface area (Å²) in [5.74, 6) is -1.43. The van der Waals surface area contributed by atoms with Crippen molar-refractivity contribution in [2.24, 2.45) is 0 Å². The molecule has 2 fully saturated rings. The van der Waals surface area contributed by atoms with Gasteiger partial charge in [0.25, 0.3) is 0 Å². The lowest BCUT2D eigenvalue weighted by Gasteiger charge is -2.44. The Hall–Kier alpha value is -3.14. The molecule has 0 radical (unpaired) electrons. The summed E-state index contributed by atoms with van der Waals surface area (Å²) in [4.78, 5) is 11.7. The number of aromatic nitrogens is 3. The first-order valence-corrected chi connectivity index (χ1v) is 9.96. The average molecular weight is 425 g/mol. The van der Waals surface area contributed by atoms with Gasteiger partial charge in [-0.2, -0.15) is 0 Å². The molecule has 0 spiro atoms. The van der Waals surface area contributed by atoms with Crippen LogP contribution in [0.2, 0.25) is 0 Å². The van der Waals surface area contributed by atoms with Gasteiger partial charge in [-0.3, -0.25) is 0 Å². The topological polar surface area (TPSA) is 95.7 Å². The fourth-order valence-corrected chi connectivity index (χ4v) is 4.04. The first-order valence-electron chi connectivity index (χ1n) is 9.96. The Morgan fingerprint density at radius 2 is 1.97 bits per heavy atom. The number of carboxylic acid groups (broad SMARTS) is 1. The van der Waals surface area contributed by atoms with Gasteiger partial charge in [0.2, 0.25) is 0 Å². The molecule has 0 aliphatic carbocycles. The van der Waals surface area contributed by atoms with Crippen LogP contribution in [0.1, 0.15) is 24.3 Å². The standard InChI is InChI=1S/C22H20FN3O5/c23-15-8-4-7-14(9-15)16-11-26(25-24-16)17-10-18(21(27)28)30-19-12-29-22(31-20(17)19)13-5-2-1-3-6-13/h1-9,11,17-20,22H,10,12H2,(H,27,28). The van der Waals surface area contributed by atoms with Gasteiger partial charge in [-0.15, -0.1) is 5.10 Å². The summed E-state index contributed by atoms with van der Waals surface area (Å²) in [7, 11) is 0. The van der Waals surface area contributed by atoms with E-state index < -0.39 is 36.6 Å². The van der Waals surface area contributed by atoms with E-state index in [2.05, 4.69) is 10.3 Å². The number of hydrogen-bond donors (Lipinski definition) is 1. The van der Waals surface area contributed by atoms with Crippen LogP contribution in [-0.4, -0.2) is 51.0 Å². The highest BCUT2D eigenvalue weighted by molar-refractivity contribution is 5.72. The lowest BCUT2D eigenvalue weighted by Crippen LogP contribution is -2.54. The van der Waals surface area contributed by atoms with Crippen molar-refractivity contribution in [2.45, 2.75) is 37.1 Å². The molecule has 5 unspecified atom stereocenters. The highest BCUT2D eigenvalue weighted by Gasteiger charge is 2.47. The third-order valence-electron chi connectivity index (χ3n) is 5.55. The normalized spacial score (nSPS) is 28.1. The maximum absolute atomic E-state index is 13.6. The van der Waals surface area contributed by atoms with E-state index in [0.717, 1.165) is 5.56 Å². The summed E-state index contributed by atoms with van der Waals surface area (Å²) in [5.41, 5.74) is 1.93. The molecular weight excluding hydrogens is 405 g/mol. The molecule has 0 saturated carbocycles. The first-order chi connectivity index (χ1) is 15.1. The van der Waals surface area contributed by atoms with Crippen LogP contribution in [0.4, 0.5) is 4.39 Å². The Labute approximate surface area is 177 Å². The Bertz CT molecular complexity index is 1080. The summed E-state index contributed by atoms with van der Waals surface area (Å²) >= 11 is 0. The van der Waals surface area contributed by atoms with E-state index in [1.807, 2.05) is 30.3 Å². The van der Waals surface area contributed by atoms with E-state index in [4.69, 9.17) is 14.2 Å². The fourth-order valence-electron chi connectivity index (χ4n) is 4.04. The molecule has 0 bridgehead atoms. The van der Waals surface area contributed by atoms with Crippen molar-refractivity contribution in [3.05, 3.63) is 72.2 Å². The summed E-state index contributed by atoms with van der Waals surface area (Å²) in [6.45, 7) is 0.190. The van der Waals surface area contributed by atoms with Gasteiger partial charge in [0.15, 0.2) is 12.4 Å². The van der Waals surface area contributed by atoms with Gasteiger partial charge in [-0.1, -0.05) is 47.7 Å². The number of fused-ring (bicyclic) bond motifs is 1. The van der Waals surface area contributed by atoms with E-state index >= 15 is 0 Å². The third-order valence-corrected chi connectivity index (χ3v) is 5.55. The Balaban J connectivity index is 1.45. The summed E-state index contributed by atoms with van der Waals surface area (Å²) in [6, 6.07) is 15.1. The molecule has 2 saturated heterocycles. The van der Waals surface area contributed by atoms with Crippen molar-refractivity contribution in [3.8, 4) is 11.3 Å². The largest absolute Gasteiger partial charge is 0.479 e. The number of ether oxygens (including phenoxy) is 3. The maximum atomic E-state index is 13.6. The van der Waals surface area contributed by atoms with Gasteiger partial charge >= 0.3 is 5.97 Å². The van der Waals surface area contributed by atoms with Crippen molar-refractivity contribution in [3.63, 3.8) is 0 Å². The minimum absolute atomic E-state index is 0.157. The molecule has 5 atom stereocenters. The molecule has 9 heteroatoms. The zero-order valence-electron chi connectivity index (χ0n) is 16.4. The predicted octanol–water partition coefficient (Wildman–Crippen LogP) is 2.98. The van der Waals surface area contributed by atoms with E-state index in [-0.39, 0.29) is 18.8 Å². The molecule has 1 aromatic heterocycles. The van der Waals surface area contributed by atoms with Crippen LogP contribution < -0.4 is 0 Å². The number of aliphatic carboxylic acids is 1. The SMILES string of the molecule is O=C(O)C1CC(n2cc(-c3cccc(F)c3)nn2)C2OC(c3ccccc3)OCC2O1. The first kappa shape index (κ1) is 19.8. The van der Waals surface area contributed by atoms with Crippen LogP contribution in [0.5, 0.6) is 0 Å². The molecule has 2 aromatic carbocycles. The van der Waals surface area contributed by atoms with Crippen LogP contribution in [0.3, 0.4) is 0 Å². The molecule has 0 amide bonds. The van der Waals surface area contributed by atoms with E-state index in [9.17, 15) is 14.3 Å².